The Morgan fingerprint density at radius 1 is 1.47 bits per heavy atom. The maximum atomic E-state index is 6.32. The van der Waals surface area contributed by atoms with Crippen LogP contribution >= 0.6 is 11.6 Å². The van der Waals surface area contributed by atoms with Gasteiger partial charge in [-0.05, 0) is 18.6 Å². The summed E-state index contributed by atoms with van der Waals surface area (Å²) in [7, 11) is 1.75. The fourth-order valence-electron chi connectivity index (χ4n) is 3.14. The van der Waals surface area contributed by atoms with E-state index in [9.17, 15) is 0 Å². The number of hydrogen-bond acceptors (Lipinski definition) is 3. The fraction of sp³-hybridized carbons (Fsp3) is 0.500. The molecule has 2 aromatic rings. The van der Waals surface area contributed by atoms with Crippen molar-refractivity contribution in [2.24, 2.45) is 5.41 Å². The number of hydrogen-bond donors (Lipinski definition) is 1. The van der Waals surface area contributed by atoms with Gasteiger partial charge in [-0.15, -0.1) is 0 Å². The van der Waals surface area contributed by atoms with Gasteiger partial charge in [0.05, 0.1) is 22.2 Å². The van der Waals surface area contributed by atoms with Crippen LogP contribution in [0.3, 0.4) is 0 Å². The topological polar surface area (TPSA) is 53.1 Å². The number of ether oxygens (including phenoxy) is 1. The van der Waals surface area contributed by atoms with Crippen molar-refractivity contribution in [1.82, 2.24) is 9.55 Å². The Kier molecular flexibility index (Phi) is 2.76. The second kappa shape index (κ2) is 4.12. The lowest BCUT2D eigenvalue weighted by Crippen LogP contribution is -2.51. The van der Waals surface area contributed by atoms with Gasteiger partial charge < -0.3 is 15.0 Å². The number of benzene rings is 1. The van der Waals surface area contributed by atoms with Crippen LogP contribution in [0.1, 0.15) is 26.3 Å². The zero-order chi connectivity index (χ0) is 13.8. The predicted molar refractivity (Wildman–Crippen MR) is 77.4 cm³/mol. The van der Waals surface area contributed by atoms with Crippen molar-refractivity contribution < 1.29 is 4.74 Å². The third kappa shape index (κ3) is 1.66. The molecule has 3 rings (SSSR count). The second-order valence-corrected chi connectivity index (χ2v) is 6.15. The summed E-state index contributed by atoms with van der Waals surface area (Å²) >= 11 is 6.32. The molecule has 2 unspecified atom stereocenters. The van der Waals surface area contributed by atoms with Crippen LogP contribution in [0.5, 0.6) is 0 Å². The minimum atomic E-state index is 0.0235. The van der Waals surface area contributed by atoms with E-state index >= 15 is 0 Å². The van der Waals surface area contributed by atoms with E-state index in [-0.39, 0.29) is 17.6 Å². The number of para-hydroxylation sites is 1. The van der Waals surface area contributed by atoms with Gasteiger partial charge in [-0.1, -0.05) is 31.5 Å². The number of nitrogen functional groups attached to an aromatic ring is 1. The zero-order valence-corrected chi connectivity index (χ0v) is 12.1. The fourth-order valence-corrected chi connectivity index (χ4v) is 3.40. The Balaban J connectivity index is 2.14. The minimum absolute atomic E-state index is 0.0235. The molecule has 0 aliphatic heterocycles. The van der Waals surface area contributed by atoms with E-state index in [1.165, 1.54) is 0 Å². The smallest absolute Gasteiger partial charge is 0.201 e. The largest absolute Gasteiger partial charge is 0.381 e. The van der Waals surface area contributed by atoms with Gasteiger partial charge in [0.1, 0.15) is 0 Å². The third-order valence-corrected chi connectivity index (χ3v) is 4.72. The molecule has 1 aliphatic carbocycles. The van der Waals surface area contributed by atoms with Crippen molar-refractivity contribution in [2.45, 2.75) is 32.4 Å². The van der Waals surface area contributed by atoms with Gasteiger partial charge in [-0.3, -0.25) is 0 Å². The first-order chi connectivity index (χ1) is 8.96. The Bertz CT molecular complexity index is 635. The van der Waals surface area contributed by atoms with E-state index < -0.39 is 0 Å². The number of anilines is 1. The molecule has 1 heterocycles. The molecule has 0 radical (unpaired) electrons. The highest BCUT2D eigenvalue weighted by atomic mass is 35.5. The number of nitrogens with two attached hydrogens (primary N) is 1. The molecule has 0 saturated heterocycles. The molecule has 4 nitrogen and oxygen atoms in total. The summed E-state index contributed by atoms with van der Waals surface area (Å²) in [5.41, 5.74) is 7.89. The molecule has 1 aromatic heterocycles. The summed E-state index contributed by atoms with van der Waals surface area (Å²) in [4.78, 5) is 4.41. The summed E-state index contributed by atoms with van der Waals surface area (Å²) in [6.45, 7) is 4.38. The molecule has 102 valence electrons. The van der Waals surface area contributed by atoms with Gasteiger partial charge >= 0.3 is 0 Å². The summed E-state index contributed by atoms with van der Waals surface area (Å²) in [5, 5.41) is 0.693. The van der Waals surface area contributed by atoms with E-state index in [1.54, 1.807) is 7.11 Å². The average molecular weight is 280 g/mol. The number of methoxy groups -OCH3 is 1. The van der Waals surface area contributed by atoms with E-state index in [1.807, 2.05) is 18.2 Å². The van der Waals surface area contributed by atoms with Crippen LogP contribution in [0.4, 0.5) is 5.95 Å². The summed E-state index contributed by atoms with van der Waals surface area (Å²) in [5.74, 6) is 0.524. The van der Waals surface area contributed by atoms with Gasteiger partial charge in [0.25, 0.3) is 0 Å². The zero-order valence-electron chi connectivity index (χ0n) is 11.4. The molecule has 2 atom stereocenters. The number of rotatable bonds is 2. The lowest BCUT2D eigenvalue weighted by atomic mass is 9.64. The molecule has 1 fully saturated rings. The van der Waals surface area contributed by atoms with E-state index in [2.05, 4.69) is 23.4 Å². The predicted octanol–water partition coefficient (Wildman–Crippen LogP) is 3.26. The SMILES string of the molecule is COC1CC(n2c(N)nc3cccc(Cl)c32)C1(C)C. The molecule has 1 aromatic carbocycles. The lowest BCUT2D eigenvalue weighted by molar-refractivity contribution is -0.110. The molecule has 1 aliphatic rings. The highest BCUT2D eigenvalue weighted by Gasteiger charge is 2.50. The van der Waals surface area contributed by atoms with Crippen molar-refractivity contribution in [3.63, 3.8) is 0 Å². The molecule has 0 amide bonds. The van der Waals surface area contributed by atoms with Gasteiger partial charge in [0.2, 0.25) is 5.95 Å². The Hall–Kier alpha value is -1.26. The molecular formula is C14H18ClN3O. The van der Waals surface area contributed by atoms with Gasteiger partial charge in [-0.25, -0.2) is 4.98 Å². The van der Waals surface area contributed by atoms with Crippen LogP contribution < -0.4 is 5.73 Å². The average Bonchev–Trinajstić information content (AvgIpc) is 2.67. The molecule has 0 bridgehead atoms. The van der Waals surface area contributed by atoms with Crippen LogP contribution in [-0.4, -0.2) is 22.8 Å². The first kappa shape index (κ1) is 12.8. The molecule has 0 spiro atoms. The van der Waals surface area contributed by atoms with Crippen LogP contribution in [0.15, 0.2) is 18.2 Å². The van der Waals surface area contributed by atoms with Gasteiger partial charge in [0, 0.05) is 18.6 Å². The van der Waals surface area contributed by atoms with Crippen molar-refractivity contribution in [1.29, 1.82) is 0 Å². The summed E-state index contributed by atoms with van der Waals surface area (Å²) in [6.07, 6.45) is 1.18. The Labute approximate surface area is 117 Å². The molecule has 2 N–H and O–H groups in total. The highest BCUT2D eigenvalue weighted by molar-refractivity contribution is 6.35. The van der Waals surface area contributed by atoms with E-state index in [0.717, 1.165) is 17.5 Å². The first-order valence-electron chi connectivity index (χ1n) is 6.41. The maximum Gasteiger partial charge on any atom is 0.201 e. The van der Waals surface area contributed by atoms with Crippen LogP contribution in [-0.2, 0) is 4.74 Å². The second-order valence-electron chi connectivity index (χ2n) is 5.74. The minimum Gasteiger partial charge on any atom is -0.381 e. The monoisotopic (exact) mass is 279 g/mol. The number of aromatic nitrogens is 2. The highest BCUT2D eigenvalue weighted by Crippen LogP contribution is 2.53. The van der Waals surface area contributed by atoms with Crippen molar-refractivity contribution in [3.8, 4) is 0 Å². The summed E-state index contributed by atoms with van der Waals surface area (Å²) in [6, 6.07) is 5.97. The lowest BCUT2D eigenvalue weighted by Gasteiger charge is -2.51. The van der Waals surface area contributed by atoms with Crippen molar-refractivity contribution in [3.05, 3.63) is 23.2 Å². The normalized spacial score (nSPS) is 25.5. The van der Waals surface area contributed by atoms with E-state index in [4.69, 9.17) is 22.1 Å². The quantitative estimate of drug-likeness (QED) is 0.918. The summed E-state index contributed by atoms with van der Waals surface area (Å²) < 4.78 is 7.57. The molecule has 1 saturated carbocycles. The maximum absolute atomic E-state index is 6.32. The van der Waals surface area contributed by atoms with Crippen LogP contribution in [0.2, 0.25) is 5.02 Å². The molecule has 19 heavy (non-hydrogen) atoms. The standard InChI is InChI=1S/C14H18ClN3O/c1-14(2)10(7-11(14)19-3)18-12-8(15)5-4-6-9(12)17-13(18)16/h4-6,10-11H,7H2,1-3H3,(H2,16,17). The molecule has 5 heteroatoms. The first-order valence-corrected chi connectivity index (χ1v) is 6.79. The number of imidazole rings is 1. The van der Waals surface area contributed by atoms with Gasteiger partial charge in [0.15, 0.2) is 0 Å². The third-order valence-electron chi connectivity index (χ3n) is 4.41. The number of halogens is 1. The van der Waals surface area contributed by atoms with Crippen molar-refractivity contribution in [2.75, 3.05) is 12.8 Å². The van der Waals surface area contributed by atoms with E-state index in [0.29, 0.717) is 11.0 Å². The number of fused-ring (bicyclic) bond motifs is 1. The van der Waals surface area contributed by atoms with Crippen LogP contribution in [0.25, 0.3) is 11.0 Å². The van der Waals surface area contributed by atoms with Crippen molar-refractivity contribution >= 4 is 28.6 Å². The number of nitrogens with zero attached hydrogens (tertiary/aromatic N) is 2. The van der Waals surface area contributed by atoms with Gasteiger partial charge in [-0.2, -0.15) is 0 Å². The Morgan fingerprint density at radius 2 is 2.21 bits per heavy atom. The Morgan fingerprint density at radius 3 is 2.84 bits per heavy atom. The molecular weight excluding hydrogens is 262 g/mol. The van der Waals surface area contributed by atoms with Crippen LogP contribution in [0, 0.1) is 5.41 Å².